The fourth-order valence-electron chi connectivity index (χ4n) is 1.54. The Morgan fingerprint density at radius 3 is 2.68 bits per heavy atom. The van der Waals surface area contributed by atoms with Crippen LogP contribution < -0.4 is 5.32 Å². The Balaban J connectivity index is 1.99. The third kappa shape index (κ3) is 4.04. The van der Waals surface area contributed by atoms with Gasteiger partial charge in [-0.2, -0.15) is 0 Å². The smallest absolute Gasteiger partial charge is 0.249 e. The third-order valence-corrected chi connectivity index (χ3v) is 2.45. The second-order valence-electron chi connectivity index (χ2n) is 3.91. The molecule has 1 heterocycles. The van der Waals surface area contributed by atoms with Gasteiger partial charge in [0.05, 0.1) is 12.3 Å². The second kappa shape index (κ2) is 6.47. The molecule has 2 aromatic rings. The highest BCUT2D eigenvalue weighted by Gasteiger charge is 2.00. The molecule has 1 aromatic heterocycles. The number of amides is 1. The topological polar surface area (TPSA) is 62.2 Å². The van der Waals surface area contributed by atoms with Gasteiger partial charge in [-0.3, -0.25) is 4.79 Å². The number of hydrogen-bond donors (Lipinski definition) is 2. The van der Waals surface area contributed by atoms with E-state index in [2.05, 4.69) is 10.3 Å². The minimum absolute atomic E-state index is 0.149. The molecule has 2 rings (SSSR count). The summed E-state index contributed by atoms with van der Waals surface area (Å²) in [4.78, 5) is 15.8. The summed E-state index contributed by atoms with van der Waals surface area (Å²) in [6.07, 6.45) is 3.17. The molecule has 0 aliphatic rings. The van der Waals surface area contributed by atoms with E-state index < -0.39 is 0 Å². The Morgan fingerprint density at radius 2 is 1.95 bits per heavy atom. The van der Waals surface area contributed by atoms with Crippen LogP contribution in [0.15, 0.2) is 54.6 Å². The minimum atomic E-state index is -0.258. The quantitative estimate of drug-likeness (QED) is 0.822. The monoisotopic (exact) mass is 254 g/mol. The predicted octanol–water partition coefficient (Wildman–Crippen LogP) is 2.23. The number of carbonyl (C=O) groups is 1. The molecule has 0 saturated carbocycles. The van der Waals surface area contributed by atoms with Crippen molar-refractivity contribution in [3.05, 3.63) is 65.9 Å². The van der Waals surface area contributed by atoms with Crippen LogP contribution >= 0.6 is 0 Å². The van der Waals surface area contributed by atoms with E-state index in [1.54, 1.807) is 24.3 Å². The van der Waals surface area contributed by atoms with Crippen molar-refractivity contribution in [3.63, 3.8) is 0 Å². The summed E-state index contributed by atoms with van der Waals surface area (Å²) >= 11 is 0. The molecule has 4 heteroatoms. The molecular weight excluding hydrogens is 240 g/mol. The van der Waals surface area contributed by atoms with E-state index in [1.807, 2.05) is 30.3 Å². The van der Waals surface area contributed by atoms with E-state index in [0.717, 1.165) is 5.56 Å². The van der Waals surface area contributed by atoms with Gasteiger partial charge in [-0.05, 0) is 23.8 Å². The molecule has 1 amide bonds. The van der Waals surface area contributed by atoms with Gasteiger partial charge < -0.3 is 10.4 Å². The fraction of sp³-hybridized carbons (Fsp3) is 0.0667. The van der Waals surface area contributed by atoms with Crippen molar-refractivity contribution in [2.24, 2.45) is 0 Å². The molecule has 1 aromatic carbocycles. The van der Waals surface area contributed by atoms with Crippen molar-refractivity contribution in [3.8, 4) is 0 Å². The maximum Gasteiger partial charge on any atom is 0.249 e. The molecule has 19 heavy (non-hydrogen) atoms. The number of carbonyl (C=O) groups excluding carboxylic acids is 1. The summed E-state index contributed by atoms with van der Waals surface area (Å²) in [5.41, 5.74) is 1.47. The first-order chi connectivity index (χ1) is 9.28. The molecule has 0 fully saturated rings. The van der Waals surface area contributed by atoms with Crippen LogP contribution in [-0.4, -0.2) is 16.0 Å². The molecule has 0 saturated heterocycles. The average Bonchev–Trinajstić information content (AvgIpc) is 2.46. The molecule has 96 valence electrons. The third-order valence-electron chi connectivity index (χ3n) is 2.45. The van der Waals surface area contributed by atoms with Crippen molar-refractivity contribution < 1.29 is 9.90 Å². The number of aromatic nitrogens is 1. The summed E-state index contributed by atoms with van der Waals surface area (Å²) in [6.45, 7) is -0.149. The molecule has 0 spiro atoms. The fourth-order valence-corrected chi connectivity index (χ4v) is 1.54. The summed E-state index contributed by atoms with van der Waals surface area (Å²) in [7, 11) is 0. The van der Waals surface area contributed by atoms with Gasteiger partial charge in [-0.15, -0.1) is 0 Å². The van der Waals surface area contributed by atoms with Crippen LogP contribution in [-0.2, 0) is 11.4 Å². The lowest BCUT2D eigenvalue weighted by Crippen LogP contribution is -2.09. The van der Waals surface area contributed by atoms with Gasteiger partial charge in [-0.25, -0.2) is 4.98 Å². The first-order valence-corrected chi connectivity index (χ1v) is 5.89. The standard InChI is InChI=1S/C15H14N2O2/c18-11-13-7-4-8-14(16-13)17-15(19)10-9-12-5-2-1-3-6-12/h1-10,18H,11H2,(H,16,17,19)/b10-9+. The Kier molecular flexibility index (Phi) is 4.42. The lowest BCUT2D eigenvalue weighted by molar-refractivity contribution is -0.111. The number of anilines is 1. The zero-order chi connectivity index (χ0) is 13.5. The number of hydrogen-bond acceptors (Lipinski definition) is 3. The maximum absolute atomic E-state index is 11.7. The predicted molar refractivity (Wildman–Crippen MR) is 74.3 cm³/mol. The number of pyridine rings is 1. The van der Waals surface area contributed by atoms with Gasteiger partial charge in [0, 0.05) is 6.08 Å². The molecule has 4 nitrogen and oxygen atoms in total. The first kappa shape index (κ1) is 13.0. The SMILES string of the molecule is O=C(/C=C/c1ccccc1)Nc1cccc(CO)n1. The van der Waals surface area contributed by atoms with Gasteiger partial charge in [0.25, 0.3) is 0 Å². The maximum atomic E-state index is 11.7. The molecule has 0 aliphatic heterocycles. The summed E-state index contributed by atoms with van der Waals surface area (Å²) in [5, 5.41) is 11.6. The second-order valence-corrected chi connectivity index (χ2v) is 3.91. The van der Waals surface area contributed by atoms with Crippen LogP contribution in [0.25, 0.3) is 6.08 Å². The molecule has 0 aliphatic carbocycles. The highest BCUT2D eigenvalue weighted by atomic mass is 16.3. The zero-order valence-electron chi connectivity index (χ0n) is 10.3. The Labute approximate surface area is 111 Å². The van der Waals surface area contributed by atoms with Crippen molar-refractivity contribution >= 4 is 17.8 Å². The Bertz CT molecular complexity index is 580. The van der Waals surface area contributed by atoms with E-state index in [-0.39, 0.29) is 12.5 Å². The lowest BCUT2D eigenvalue weighted by atomic mass is 10.2. The normalized spacial score (nSPS) is 10.6. The van der Waals surface area contributed by atoms with Crippen LogP contribution in [0.4, 0.5) is 5.82 Å². The number of aliphatic hydroxyl groups excluding tert-OH is 1. The summed E-state index contributed by atoms with van der Waals surface area (Å²) in [5.74, 6) is 0.167. The van der Waals surface area contributed by atoms with Crippen molar-refractivity contribution in [1.82, 2.24) is 4.98 Å². The molecule has 0 radical (unpaired) electrons. The zero-order valence-corrected chi connectivity index (χ0v) is 10.3. The molecule has 2 N–H and O–H groups in total. The number of nitrogens with zero attached hydrogens (tertiary/aromatic N) is 1. The summed E-state index contributed by atoms with van der Waals surface area (Å²) < 4.78 is 0. The van der Waals surface area contributed by atoms with Gasteiger partial charge in [-0.1, -0.05) is 36.4 Å². The van der Waals surface area contributed by atoms with Gasteiger partial charge in [0.2, 0.25) is 5.91 Å². The lowest BCUT2D eigenvalue weighted by Gasteiger charge is -2.02. The summed E-state index contributed by atoms with van der Waals surface area (Å²) in [6, 6.07) is 14.6. The Morgan fingerprint density at radius 1 is 1.16 bits per heavy atom. The molecule has 0 atom stereocenters. The Hall–Kier alpha value is -2.46. The minimum Gasteiger partial charge on any atom is -0.390 e. The molecule has 0 bridgehead atoms. The van der Waals surface area contributed by atoms with E-state index in [9.17, 15) is 4.79 Å². The van der Waals surface area contributed by atoms with E-state index >= 15 is 0 Å². The largest absolute Gasteiger partial charge is 0.390 e. The number of aliphatic hydroxyl groups is 1. The van der Waals surface area contributed by atoms with E-state index in [0.29, 0.717) is 11.5 Å². The van der Waals surface area contributed by atoms with Crippen LogP contribution in [0.2, 0.25) is 0 Å². The number of nitrogens with one attached hydrogen (secondary N) is 1. The van der Waals surface area contributed by atoms with Crippen molar-refractivity contribution in [2.75, 3.05) is 5.32 Å². The van der Waals surface area contributed by atoms with Gasteiger partial charge in [0.15, 0.2) is 0 Å². The van der Waals surface area contributed by atoms with Crippen molar-refractivity contribution in [2.45, 2.75) is 6.61 Å². The highest BCUT2D eigenvalue weighted by Crippen LogP contribution is 2.06. The van der Waals surface area contributed by atoms with E-state index in [4.69, 9.17) is 5.11 Å². The van der Waals surface area contributed by atoms with Gasteiger partial charge >= 0.3 is 0 Å². The van der Waals surface area contributed by atoms with Gasteiger partial charge in [0.1, 0.15) is 5.82 Å². The molecular formula is C15H14N2O2. The van der Waals surface area contributed by atoms with E-state index in [1.165, 1.54) is 6.08 Å². The highest BCUT2D eigenvalue weighted by molar-refractivity contribution is 6.01. The van der Waals surface area contributed by atoms with Crippen LogP contribution in [0.5, 0.6) is 0 Å². The average molecular weight is 254 g/mol. The molecule has 0 unspecified atom stereocenters. The first-order valence-electron chi connectivity index (χ1n) is 5.89. The van der Waals surface area contributed by atoms with Crippen LogP contribution in [0.1, 0.15) is 11.3 Å². The van der Waals surface area contributed by atoms with Crippen LogP contribution in [0.3, 0.4) is 0 Å². The van der Waals surface area contributed by atoms with Crippen LogP contribution in [0, 0.1) is 0 Å². The van der Waals surface area contributed by atoms with Crippen molar-refractivity contribution in [1.29, 1.82) is 0 Å². The number of benzene rings is 1. The number of rotatable bonds is 4.